The first-order valence-electron chi connectivity index (χ1n) is 7.36. The normalized spacial score (nSPS) is 13.9. The van der Waals surface area contributed by atoms with Gasteiger partial charge in [0.15, 0.2) is 0 Å². The molecule has 22 heavy (non-hydrogen) atoms. The predicted octanol–water partition coefficient (Wildman–Crippen LogP) is 1.26. The van der Waals surface area contributed by atoms with Crippen LogP contribution in [0.15, 0.2) is 29.2 Å². The molecule has 1 unspecified atom stereocenters. The number of aliphatic hydroxyl groups is 2. The molecule has 0 aromatic heterocycles. The molecule has 0 spiro atoms. The Balaban J connectivity index is 2.93. The summed E-state index contributed by atoms with van der Waals surface area (Å²) in [5, 5.41) is 21.0. The second kappa shape index (κ2) is 7.92. The molecule has 0 fully saturated rings. The Bertz CT molecular complexity index is 547. The highest BCUT2D eigenvalue weighted by molar-refractivity contribution is 7.89. The Hall–Kier alpha value is -1.15. The molecular weight excluding hydrogens is 304 g/mol. The Morgan fingerprint density at radius 1 is 1.09 bits per heavy atom. The summed E-state index contributed by atoms with van der Waals surface area (Å²) < 4.78 is 26.8. The average molecular weight is 330 g/mol. The van der Waals surface area contributed by atoms with Gasteiger partial charge in [-0.05, 0) is 52.0 Å². The molecule has 0 aliphatic carbocycles. The van der Waals surface area contributed by atoms with E-state index >= 15 is 0 Å². The van der Waals surface area contributed by atoms with E-state index in [1.165, 1.54) is 4.31 Å². The molecule has 0 amide bonds. The molecule has 1 atom stereocenters. The van der Waals surface area contributed by atoms with Crippen molar-refractivity contribution in [3.8, 4) is 0 Å². The van der Waals surface area contributed by atoms with Gasteiger partial charge in [-0.1, -0.05) is 0 Å². The highest BCUT2D eigenvalue weighted by Gasteiger charge is 2.29. The lowest BCUT2D eigenvalue weighted by atomic mass is 10.3. The highest BCUT2D eigenvalue weighted by atomic mass is 32.2. The van der Waals surface area contributed by atoms with Gasteiger partial charge in [-0.2, -0.15) is 4.31 Å². The van der Waals surface area contributed by atoms with Gasteiger partial charge in [0.2, 0.25) is 10.0 Å². The van der Waals surface area contributed by atoms with Crippen molar-refractivity contribution < 1.29 is 18.6 Å². The van der Waals surface area contributed by atoms with Crippen molar-refractivity contribution in [1.82, 2.24) is 4.31 Å². The highest BCUT2D eigenvalue weighted by Crippen LogP contribution is 2.22. The minimum Gasteiger partial charge on any atom is -0.394 e. The van der Waals surface area contributed by atoms with Gasteiger partial charge in [0.05, 0.1) is 17.6 Å². The van der Waals surface area contributed by atoms with Crippen LogP contribution in [0.5, 0.6) is 0 Å². The van der Waals surface area contributed by atoms with Gasteiger partial charge in [0.25, 0.3) is 0 Å². The number of nitrogens with one attached hydrogen (secondary N) is 1. The van der Waals surface area contributed by atoms with Gasteiger partial charge in [-0.15, -0.1) is 0 Å². The van der Waals surface area contributed by atoms with Crippen molar-refractivity contribution in [2.75, 3.05) is 18.5 Å². The molecular formula is C15H26N2O4S. The Morgan fingerprint density at radius 3 is 2.00 bits per heavy atom. The zero-order valence-corrected chi connectivity index (χ0v) is 14.3. The fourth-order valence-corrected chi connectivity index (χ4v) is 4.15. The molecule has 0 heterocycles. The second-order valence-corrected chi connectivity index (χ2v) is 7.61. The smallest absolute Gasteiger partial charge is 0.243 e. The topological polar surface area (TPSA) is 89.9 Å². The minimum atomic E-state index is -3.54. The molecule has 126 valence electrons. The summed E-state index contributed by atoms with van der Waals surface area (Å²) >= 11 is 0. The number of sulfonamides is 1. The number of rotatable bonds is 8. The van der Waals surface area contributed by atoms with Crippen LogP contribution < -0.4 is 5.32 Å². The maximum atomic E-state index is 12.7. The first kappa shape index (κ1) is 18.9. The van der Waals surface area contributed by atoms with Crippen molar-refractivity contribution >= 4 is 15.7 Å². The van der Waals surface area contributed by atoms with Crippen LogP contribution in [0.3, 0.4) is 0 Å². The van der Waals surface area contributed by atoms with Gasteiger partial charge >= 0.3 is 0 Å². The van der Waals surface area contributed by atoms with E-state index in [0.29, 0.717) is 5.69 Å². The third-order valence-corrected chi connectivity index (χ3v) is 5.47. The van der Waals surface area contributed by atoms with Crippen LogP contribution in [0.1, 0.15) is 27.7 Å². The van der Waals surface area contributed by atoms with Crippen molar-refractivity contribution in [2.45, 2.75) is 50.8 Å². The van der Waals surface area contributed by atoms with E-state index in [1.54, 1.807) is 24.3 Å². The lowest BCUT2D eigenvalue weighted by Crippen LogP contribution is -2.41. The quantitative estimate of drug-likeness (QED) is 0.668. The van der Waals surface area contributed by atoms with Crippen LogP contribution in [-0.4, -0.2) is 54.3 Å². The Labute approximate surface area is 132 Å². The summed E-state index contributed by atoms with van der Waals surface area (Å²) in [4.78, 5) is 0.239. The molecule has 0 bridgehead atoms. The van der Waals surface area contributed by atoms with Crippen LogP contribution in [0, 0.1) is 0 Å². The summed E-state index contributed by atoms with van der Waals surface area (Å²) in [6, 6.07) is 6.14. The molecule has 0 aliphatic heterocycles. The molecule has 1 rings (SSSR count). The van der Waals surface area contributed by atoms with E-state index in [2.05, 4.69) is 5.32 Å². The lowest BCUT2D eigenvalue weighted by Gasteiger charge is -2.29. The van der Waals surface area contributed by atoms with E-state index in [0.717, 1.165) is 0 Å². The molecule has 6 nitrogen and oxygen atoms in total. The molecule has 0 saturated carbocycles. The number of benzene rings is 1. The van der Waals surface area contributed by atoms with Crippen molar-refractivity contribution in [1.29, 1.82) is 0 Å². The summed E-state index contributed by atoms with van der Waals surface area (Å²) in [6.07, 6.45) is -0.846. The van der Waals surface area contributed by atoms with Crippen molar-refractivity contribution in [3.05, 3.63) is 24.3 Å². The van der Waals surface area contributed by atoms with Gasteiger partial charge in [0.1, 0.15) is 0 Å². The molecule has 0 aliphatic rings. The van der Waals surface area contributed by atoms with Gasteiger partial charge < -0.3 is 15.5 Å². The number of nitrogens with zero attached hydrogens (tertiary/aromatic N) is 1. The zero-order chi connectivity index (χ0) is 16.9. The molecule has 3 N–H and O–H groups in total. The largest absolute Gasteiger partial charge is 0.394 e. The fourth-order valence-electron chi connectivity index (χ4n) is 2.32. The van der Waals surface area contributed by atoms with Crippen LogP contribution in [0.4, 0.5) is 5.69 Å². The third kappa shape index (κ3) is 4.67. The lowest BCUT2D eigenvalue weighted by molar-refractivity contribution is 0.105. The van der Waals surface area contributed by atoms with Gasteiger partial charge in [0, 0.05) is 24.3 Å². The van der Waals surface area contributed by atoms with Crippen LogP contribution in [-0.2, 0) is 10.0 Å². The van der Waals surface area contributed by atoms with E-state index in [4.69, 9.17) is 5.11 Å². The number of hydrogen-bond donors (Lipinski definition) is 3. The molecule has 1 aromatic rings. The SMILES string of the molecule is CC(C)N(C(C)C)S(=O)(=O)c1ccc(NCC(O)CO)cc1. The molecule has 1 aromatic carbocycles. The molecule has 0 radical (unpaired) electrons. The van der Waals surface area contributed by atoms with Crippen LogP contribution >= 0.6 is 0 Å². The zero-order valence-electron chi connectivity index (χ0n) is 13.5. The summed E-state index contributed by atoms with van der Waals surface area (Å²) in [6.45, 7) is 7.28. The number of aliphatic hydroxyl groups excluding tert-OH is 2. The number of anilines is 1. The summed E-state index contributed by atoms with van der Waals surface area (Å²) in [5.41, 5.74) is 0.687. The van der Waals surface area contributed by atoms with Crippen molar-refractivity contribution in [2.24, 2.45) is 0 Å². The first-order valence-corrected chi connectivity index (χ1v) is 8.80. The minimum absolute atomic E-state index is 0.123. The van der Waals surface area contributed by atoms with E-state index in [-0.39, 0.29) is 30.1 Å². The Kier molecular flexibility index (Phi) is 6.80. The third-order valence-electron chi connectivity index (χ3n) is 3.20. The first-order chi connectivity index (χ1) is 10.2. The monoisotopic (exact) mass is 330 g/mol. The maximum Gasteiger partial charge on any atom is 0.243 e. The average Bonchev–Trinajstić information content (AvgIpc) is 2.43. The summed E-state index contributed by atoms with van der Waals surface area (Å²) in [5.74, 6) is 0. The predicted molar refractivity (Wildman–Crippen MR) is 87.3 cm³/mol. The molecule has 7 heteroatoms. The van der Waals surface area contributed by atoms with Gasteiger partial charge in [-0.25, -0.2) is 8.42 Å². The van der Waals surface area contributed by atoms with Crippen LogP contribution in [0.25, 0.3) is 0 Å². The van der Waals surface area contributed by atoms with Gasteiger partial charge in [-0.3, -0.25) is 0 Å². The van der Waals surface area contributed by atoms with E-state index in [1.807, 2.05) is 27.7 Å². The van der Waals surface area contributed by atoms with E-state index in [9.17, 15) is 13.5 Å². The van der Waals surface area contributed by atoms with E-state index < -0.39 is 16.1 Å². The maximum absolute atomic E-state index is 12.7. The second-order valence-electron chi connectivity index (χ2n) is 5.76. The standard InChI is InChI=1S/C15H26N2O4S/c1-11(2)17(12(3)4)22(20,21)15-7-5-13(6-8-15)16-9-14(19)10-18/h5-8,11-12,14,16,18-19H,9-10H2,1-4H3. The fraction of sp³-hybridized carbons (Fsp3) is 0.600. The summed E-state index contributed by atoms with van der Waals surface area (Å²) in [7, 11) is -3.54. The molecule has 0 saturated heterocycles. The van der Waals surface area contributed by atoms with Crippen LogP contribution in [0.2, 0.25) is 0 Å². The Morgan fingerprint density at radius 2 is 1.59 bits per heavy atom. The van der Waals surface area contributed by atoms with Crippen molar-refractivity contribution in [3.63, 3.8) is 0 Å². The number of hydrogen-bond acceptors (Lipinski definition) is 5.